The molecule has 0 unspecified atom stereocenters. The standard InChI is InChI=1S/C18H11BrN2O2S/c19-15-7-5-12(6-8-15)9-16-17(22)21(18(23)24-16)11-14-4-2-1-3-13(14)10-20/h1-9H,11H2/b16-9+. The molecule has 2 aromatic rings. The average molecular weight is 399 g/mol. The van der Waals surface area contributed by atoms with Gasteiger partial charge < -0.3 is 0 Å². The fourth-order valence-electron chi connectivity index (χ4n) is 2.28. The molecule has 6 heteroatoms. The van der Waals surface area contributed by atoms with Gasteiger partial charge in [-0.25, -0.2) is 0 Å². The first-order valence-corrected chi connectivity index (χ1v) is 8.68. The first kappa shape index (κ1) is 16.5. The molecule has 1 aliphatic heterocycles. The quantitative estimate of drug-likeness (QED) is 0.711. The van der Waals surface area contributed by atoms with Crippen LogP contribution < -0.4 is 0 Å². The molecule has 3 rings (SSSR count). The van der Waals surface area contributed by atoms with Gasteiger partial charge in [0.1, 0.15) is 0 Å². The minimum Gasteiger partial charge on any atom is -0.268 e. The highest BCUT2D eigenvalue weighted by molar-refractivity contribution is 9.10. The van der Waals surface area contributed by atoms with Gasteiger partial charge in [-0.2, -0.15) is 5.26 Å². The van der Waals surface area contributed by atoms with Crippen LogP contribution in [0.3, 0.4) is 0 Å². The van der Waals surface area contributed by atoms with Gasteiger partial charge in [-0.1, -0.05) is 46.3 Å². The van der Waals surface area contributed by atoms with E-state index in [-0.39, 0.29) is 17.7 Å². The zero-order chi connectivity index (χ0) is 17.1. The average Bonchev–Trinajstić information content (AvgIpc) is 2.85. The molecule has 1 fully saturated rings. The molecule has 4 nitrogen and oxygen atoms in total. The zero-order valence-electron chi connectivity index (χ0n) is 12.4. The van der Waals surface area contributed by atoms with Crippen LogP contribution >= 0.6 is 27.7 Å². The van der Waals surface area contributed by atoms with E-state index in [0.717, 1.165) is 21.8 Å². The first-order valence-electron chi connectivity index (χ1n) is 7.07. The SMILES string of the molecule is N#Cc1ccccc1CN1C(=O)S/C(=C/c2ccc(Br)cc2)C1=O. The van der Waals surface area contributed by atoms with E-state index in [1.165, 1.54) is 4.90 Å². The summed E-state index contributed by atoms with van der Waals surface area (Å²) < 4.78 is 0.945. The van der Waals surface area contributed by atoms with Gasteiger partial charge in [0.2, 0.25) is 0 Å². The van der Waals surface area contributed by atoms with Crippen LogP contribution in [0.4, 0.5) is 4.79 Å². The Kier molecular flexibility index (Phi) is 4.84. The van der Waals surface area contributed by atoms with Crippen molar-refractivity contribution in [3.63, 3.8) is 0 Å². The summed E-state index contributed by atoms with van der Waals surface area (Å²) in [6, 6.07) is 16.5. The number of amides is 2. The summed E-state index contributed by atoms with van der Waals surface area (Å²) in [7, 11) is 0. The van der Waals surface area contributed by atoms with E-state index >= 15 is 0 Å². The molecular weight excluding hydrogens is 388 g/mol. The van der Waals surface area contributed by atoms with Gasteiger partial charge in [-0.3, -0.25) is 14.5 Å². The van der Waals surface area contributed by atoms with Crippen molar-refractivity contribution in [1.29, 1.82) is 5.26 Å². The number of imide groups is 1. The number of benzene rings is 2. The lowest BCUT2D eigenvalue weighted by Gasteiger charge is -2.13. The van der Waals surface area contributed by atoms with E-state index in [1.807, 2.05) is 24.3 Å². The van der Waals surface area contributed by atoms with Gasteiger partial charge in [-0.15, -0.1) is 0 Å². The number of hydrogen-bond donors (Lipinski definition) is 0. The Morgan fingerprint density at radius 1 is 1.12 bits per heavy atom. The molecule has 0 aliphatic carbocycles. The Morgan fingerprint density at radius 2 is 1.83 bits per heavy atom. The highest BCUT2D eigenvalue weighted by atomic mass is 79.9. The lowest BCUT2D eigenvalue weighted by atomic mass is 10.1. The number of hydrogen-bond acceptors (Lipinski definition) is 4. The van der Waals surface area contributed by atoms with Crippen LogP contribution in [-0.2, 0) is 11.3 Å². The van der Waals surface area contributed by atoms with Crippen LogP contribution in [0.15, 0.2) is 57.9 Å². The van der Waals surface area contributed by atoms with E-state index in [1.54, 1.807) is 30.3 Å². The largest absolute Gasteiger partial charge is 0.293 e. The van der Waals surface area contributed by atoms with Gasteiger partial charge in [-0.05, 0) is 47.2 Å². The van der Waals surface area contributed by atoms with Crippen molar-refractivity contribution >= 4 is 44.9 Å². The number of nitrogens with zero attached hydrogens (tertiary/aromatic N) is 2. The lowest BCUT2D eigenvalue weighted by Crippen LogP contribution is -2.27. The third-order valence-corrected chi connectivity index (χ3v) is 4.94. The number of carbonyl (C=O) groups excluding carboxylic acids is 2. The zero-order valence-corrected chi connectivity index (χ0v) is 14.8. The summed E-state index contributed by atoms with van der Waals surface area (Å²) in [4.78, 5) is 26.3. The van der Waals surface area contributed by atoms with E-state index in [9.17, 15) is 9.59 Å². The number of thioether (sulfide) groups is 1. The van der Waals surface area contributed by atoms with E-state index in [4.69, 9.17) is 5.26 Å². The monoisotopic (exact) mass is 398 g/mol. The van der Waals surface area contributed by atoms with Crippen LogP contribution in [0.25, 0.3) is 6.08 Å². The summed E-state index contributed by atoms with van der Waals surface area (Å²) in [5, 5.41) is 8.81. The van der Waals surface area contributed by atoms with Crippen LogP contribution in [0.5, 0.6) is 0 Å². The maximum absolute atomic E-state index is 12.5. The molecule has 24 heavy (non-hydrogen) atoms. The second kappa shape index (κ2) is 7.04. The van der Waals surface area contributed by atoms with Crippen LogP contribution in [0.2, 0.25) is 0 Å². The normalized spacial score (nSPS) is 15.8. The number of carbonyl (C=O) groups is 2. The van der Waals surface area contributed by atoms with E-state index in [0.29, 0.717) is 16.0 Å². The maximum atomic E-state index is 12.5. The third-order valence-electron chi connectivity index (χ3n) is 3.51. The van der Waals surface area contributed by atoms with Crippen LogP contribution in [-0.4, -0.2) is 16.0 Å². The molecule has 0 aromatic heterocycles. The molecule has 2 amide bonds. The first-order chi connectivity index (χ1) is 11.6. The molecule has 118 valence electrons. The number of nitriles is 1. The van der Waals surface area contributed by atoms with Crippen molar-refractivity contribution in [3.05, 3.63) is 74.6 Å². The van der Waals surface area contributed by atoms with Crippen LogP contribution in [0.1, 0.15) is 16.7 Å². The Morgan fingerprint density at radius 3 is 2.54 bits per heavy atom. The minimum atomic E-state index is -0.333. The Balaban J connectivity index is 1.84. The van der Waals surface area contributed by atoms with Gasteiger partial charge >= 0.3 is 0 Å². The fourth-order valence-corrected chi connectivity index (χ4v) is 3.39. The molecule has 2 aromatic carbocycles. The third kappa shape index (κ3) is 3.42. The summed E-state index contributed by atoms with van der Waals surface area (Å²) in [6.07, 6.45) is 1.70. The molecule has 1 saturated heterocycles. The second-order valence-corrected chi connectivity index (χ2v) is 7.00. The van der Waals surface area contributed by atoms with Crippen molar-refractivity contribution in [1.82, 2.24) is 4.90 Å². The fraction of sp³-hybridized carbons (Fsp3) is 0.0556. The van der Waals surface area contributed by atoms with Crippen molar-refractivity contribution in [3.8, 4) is 6.07 Å². The lowest BCUT2D eigenvalue weighted by molar-refractivity contribution is -0.123. The van der Waals surface area contributed by atoms with Gasteiger partial charge in [0.25, 0.3) is 11.1 Å². The minimum absolute atomic E-state index is 0.103. The van der Waals surface area contributed by atoms with Crippen LogP contribution in [0, 0.1) is 11.3 Å². The van der Waals surface area contributed by atoms with Crippen molar-refractivity contribution in [2.24, 2.45) is 0 Å². The Hall–Kier alpha value is -2.36. The Bertz CT molecular complexity index is 885. The van der Waals surface area contributed by atoms with E-state index < -0.39 is 0 Å². The molecule has 0 radical (unpaired) electrons. The molecule has 1 heterocycles. The predicted molar refractivity (Wildman–Crippen MR) is 96.8 cm³/mol. The van der Waals surface area contributed by atoms with Gasteiger partial charge in [0.15, 0.2) is 0 Å². The second-order valence-electron chi connectivity index (χ2n) is 5.09. The van der Waals surface area contributed by atoms with Crippen molar-refractivity contribution in [2.75, 3.05) is 0 Å². The maximum Gasteiger partial charge on any atom is 0.293 e. The molecular formula is C18H11BrN2O2S. The smallest absolute Gasteiger partial charge is 0.268 e. The highest BCUT2D eigenvalue weighted by Crippen LogP contribution is 2.33. The van der Waals surface area contributed by atoms with Crippen molar-refractivity contribution in [2.45, 2.75) is 6.54 Å². The van der Waals surface area contributed by atoms with Gasteiger partial charge in [0, 0.05) is 4.47 Å². The Labute approximate surface area is 151 Å². The highest BCUT2D eigenvalue weighted by Gasteiger charge is 2.35. The molecule has 0 bridgehead atoms. The summed E-state index contributed by atoms with van der Waals surface area (Å²) >= 11 is 4.28. The predicted octanol–water partition coefficient (Wildman–Crippen LogP) is 4.56. The molecule has 1 aliphatic rings. The summed E-state index contributed by atoms with van der Waals surface area (Å²) in [5.41, 5.74) is 1.97. The summed E-state index contributed by atoms with van der Waals surface area (Å²) in [5.74, 6) is -0.333. The van der Waals surface area contributed by atoms with Crippen molar-refractivity contribution < 1.29 is 9.59 Å². The topological polar surface area (TPSA) is 61.2 Å². The molecule has 0 atom stereocenters. The van der Waals surface area contributed by atoms with E-state index in [2.05, 4.69) is 22.0 Å². The molecule has 0 saturated carbocycles. The summed E-state index contributed by atoms with van der Waals surface area (Å²) in [6.45, 7) is 0.103. The number of halogens is 1. The number of rotatable bonds is 3. The molecule has 0 spiro atoms. The van der Waals surface area contributed by atoms with Gasteiger partial charge in [0.05, 0.1) is 23.1 Å². The molecule has 0 N–H and O–H groups in total.